The molecule has 4 N–H and O–H groups in total. The highest BCUT2D eigenvalue weighted by Gasteiger charge is 2.24. The van der Waals surface area contributed by atoms with Gasteiger partial charge in [0.15, 0.2) is 0 Å². The van der Waals surface area contributed by atoms with Crippen LogP contribution in [0.3, 0.4) is 0 Å². The third-order valence-corrected chi connectivity index (χ3v) is 5.01. The SMILES string of the molecule is CCC(CC)NC(=O)Nc1ccc(Oc2cnc(CC(C)(C)OC(N)=O)s2)cc1. The van der Waals surface area contributed by atoms with Gasteiger partial charge in [0.2, 0.25) is 5.06 Å². The van der Waals surface area contributed by atoms with E-state index in [0.29, 0.717) is 22.9 Å². The van der Waals surface area contributed by atoms with Gasteiger partial charge in [-0.15, -0.1) is 0 Å². The Balaban J connectivity index is 1.91. The summed E-state index contributed by atoms with van der Waals surface area (Å²) in [4.78, 5) is 27.3. The molecule has 3 amide bonds. The molecule has 1 heterocycles. The monoisotopic (exact) mass is 420 g/mol. The predicted molar refractivity (Wildman–Crippen MR) is 114 cm³/mol. The van der Waals surface area contributed by atoms with E-state index in [9.17, 15) is 9.59 Å². The molecule has 0 atom stereocenters. The molecule has 0 aliphatic heterocycles. The van der Waals surface area contributed by atoms with Gasteiger partial charge in [-0.05, 0) is 51.0 Å². The summed E-state index contributed by atoms with van der Waals surface area (Å²) < 4.78 is 10.9. The Kier molecular flexibility index (Phi) is 7.83. The zero-order valence-electron chi connectivity index (χ0n) is 17.2. The summed E-state index contributed by atoms with van der Waals surface area (Å²) in [6, 6.07) is 7.02. The molecule has 2 rings (SSSR count). The topological polar surface area (TPSA) is 116 Å². The van der Waals surface area contributed by atoms with E-state index in [1.54, 1.807) is 44.3 Å². The maximum absolute atomic E-state index is 12.0. The van der Waals surface area contributed by atoms with Gasteiger partial charge in [-0.1, -0.05) is 25.2 Å². The summed E-state index contributed by atoms with van der Waals surface area (Å²) in [5, 5.41) is 7.12. The first-order valence-corrected chi connectivity index (χ1v) is 10.3. The van der Waals surface area contributed by atoms with Gasteiger partial charge in [-0.3, -0.25) is 0 Å². The predicted octanol–water partition coefficient (Wildman–Crippen LogP) is 4.66. The second-order valence-electron chi connectivity index (χ2n) is 7.17. The van der Waals surface area contributed by atoms with Gasteiger partial charge in [0, 0.05) is 18.2 Å². The highest BCUT2D eigenvalue weighted by atomic mass is 32.1. The number of thiazole rings is 1. The molecule has 29 heavy (non-hydrogen) atoms. The number of nitrogens with two attached hydrogens (primary N) is 1. The fourth-order valence-electron chi connectivity index (χ4n) is 2.66. The smallest absolute Gasteiger partial charge is 0.405 e. The second kappa shape index (κ2) is 10.1. The maximum atomic E-state index is 12.0. The molecule has 0 aliphatic carbocycles. The number of anilines is 1. The number of rotatable bonds is 9. The highest BCUT2D eigenvalue weighted by molar-refractivity contribution is 7.13. The molecule has 9 heteroatoms. The Morgan fingerprint density at radius 3 is 2.45 bits per heavy atom. The summed E-state index contributed by atoms with van der Waals surface area (Å²) in [6.45, 7) is 7.62. The van der Waals surface area contributed by atoms with Gasteiger partial charge in [0.05, 0.1) is 6.20 Å². The van der Waals surface area contributed by atoms with Crippen molar-refractivity contribution in [2.45, 2.75) is 58.6 Å². The largest absolute Gasteiger partial charge is 0.445 e. The van der Waals surface area contributed by atoms with Crippen LogP contribution in [0.5, 0.6) is 10.8 Å². The number of carbonyl (C=O) groups is 2. The minimum absolute atomic E-state index is 0.163. The van der Waals surface area contributed by atoms with Gasteiger partial charge in [-0.25, -0.2) is 14.6 Å². The number of amides is 3. The minimum atomic E-state index is -0.815. The standard InChI is InChI=1S/C20H28N4O4S/c1-5-13(6-2)23-19(26)24-14-7-9-15(10-8-14)27-17-12-22-16(29-17)11-20(3,4)28-18(21)25/h7-10,12-13H,5-6,11H2,1-4H3,(H2,21,25)(H2,23,24,26). The van der Waals surface area contributed by atoms with Crippen molar-refractivity contribution in [3.63, 3.8) is 0 Å². The van der Waals surface area contributed by atoms with Crippen LogP contribution in [0.1, 0.15) is 45.5 Å². The number of benzene rings is 1. The van der Waals surface area contributed by atoms with Crippen LogP contribution in [0, 0.1) is 0 Å². The first kappa shape index (κ1) is 22.5. The van der Waals surface area contributed by atoms with Crippen molar-refractivity contribution in [3.05, 3.63) is 35.5 Å². The Morgan fingerprint density at radius 1 is 1.21 bits per heavy atom. The molecular formula is C20H28N4O4S. The minimum Gasteiger partial charge on any atom is -0.445 e. The number of carbonyl (C=O) groups excluding carboxylic acids is 2. The molecule has 1 aromatic heterocycles. The van der Waals surface area contributed by atoms with Crippen LogP contribution in [0.2, 0.25) is 0 Å². The van der Waals surface area contributed by atoms with Crippen LogP contribution in [0.4, 0.5) is 15.3 Å². The van der Waals surface area contributed by atoms with Gasteiger partial charge in [0.1, 0.15) is 16.4 Å². The quantitative estimate of drug-likeness (QED) is 0.545. The van der Waals surface area contributed by atoms with E-state index in [2.05, 4.69) is 15.6 Å². The molecule has 158 valence electrons. The number of hydrogen-bond acceptors (Lipinski definition) is 6. The molecule has 0 fully saturated rings. The molecule has 0 aliphatic rings. The molecule has 0 unspecified atom stereocenters. The van der Waals surface area contributed by atoms with Crippen LogP contribution in [0.15, 0.2) is 30.5 Å². The molecule has 0 spiro atoms. The van der Waals surface area contributed by atoms with Crippen LogP contribution < -0.4 is 21.1 Å². The molecule has 8 nitrogen and oxygen atoms in total. The molecule has 0 radical (unpaired) electrons. The lowest BCUT2D eigenvalue weighted by atomic mass is 10.1. The van der Waals surface area contributed by atoms with E-state index < -0.39 is 11.7 Å². The van der Waals surface area contributed by atoms with E-state index in [1.807, 2.05) is 13.8 Å². The number of primary amides is 1. The van der Waals surface area contributed by atoms with E-state index in [4.69, 9.17) is 15.2 Å². The fourth-order valence-corrected chi connectivity index (χ4v) is 3.66. The lowest BCUT2D eigenvalue weighted by Gasteiger charge is -2.22. The zero-order chi connectivity index (χ0) is 21.4. The van der Waals surface area contributed by atoms with Crippen LogP contribution >= 0.6 is 11.3 Å². The van der Waals surface area contributed by atoms with E-state index in [0.717, 1.165) is 17.8 Å². The van der Waals surface area contributed by atoms with Crippen molar-refractivity contribution in [2.24, 2.45) is 5.73 Å². The second-order valence-corrected chi connectivity index (χ2v) is 8.25. The van der Waals surface area contributed by atoms with Crippen molar-refractivity contribution in [2.75, 3.05) is 5.32 Å². The third-order valence-electron chi connectivity index (χ3n) is 4.14. The average molecular weight is 421 g/mol. The molecule has 1 aromatic carbocycles. The Morgan fingerprint density at radius 2 is 1.86 bits per heavy atom. The number of aromatic nitrogens is 1. The molecule has 0 bridgehead atoms. The van der Waals surface area contributed by atoms with Crippen molar-refractivity contribution in [1.82, 2.24) is 10.3 Å². The van der Waals surface area contributed by atoms with Crippen LogP contribution in [-0.2, 0) is 11.2 Å². The molecule has 2 aromatic rings. The maximum Gasteiger partial charge on any atom is 0.405 e. The third kappa shape index (κ3) is 7.61. The van der Waals surface area contributed by atoms with E-state index >= 15 is 0 Å². The number of hydrogen-bond donors (Lipinski definition) is 3. The zero-order valence-corrected chi connectivity index (χ0v) is 18.0. The van der Waals surface area contributed by atoms with Gasteiger partial charge in [0.25, 0.3) is 0 Å². The lowest BCUT2D eigenvalue weighted by Crippen LogP contribution is -2.37. The first-order valence-electron chi connectivity index (χ1n) is 9.49. The summed E-state index contributed by atoms with van der Waals surface area (Å²) in [5.74, 6) is 0.624. The first-order chi connectivity index (χ1) is 13.7. The number of nitrogens with zero attached hydrogens (tertiary/aromatic N) is 1. The number of urea groups is 1. The van der Waals surface area contributed by atoms with Crippen molar-refractivity contribution in [1.29, 1.82) is 0 Å². The van der Waals surface area contributed by atoms with Gasteiger partial charge < -0.3 is 25.8 Å². The summed E-state index contributed by atoms with van der Waals surface area (Å²) >= 11 is 1.36. The molecule has 0 saturated heterocycles. The summed E-state index contributed by atoms with van der Waals surface area (Å²) in [7, 11) is 0. The summed E-state index contributed by atoms with van der Waals surface area (Å²) in [5.41, 5.74) is 5.02. The van der Waals surface area contributed by atoms with Crippen molar-refractivity contribution < 1.29 is 19.1 Å². The fraction of sp³-hybridized carbons (Fsp3) is 0.450. The summed E-state index contributed by atoms with van der Waals surface area (Å²) in [6.07, 6.45) is 3.01. The van der Waals surface area contributed by atoms with Crippen LogP contribution in [0.25, 0.3) is 0 Å². The Bertz CT molecular complexity index is 816. The van der Waals surface area contributed by atoms with Crippen LogP contribution in [-0.4, -0.2) is 28.8 Å². The Labute approximate surface area is 174 Å². The highest BCUT2D eigenvalue weighted by Crippen LogP contribution is 2.30. The molecule has 0 saturated carbocycles. The average Bonchev–Trinajstić information content (AvgIpc) is 3.06. The Hall–Kier alpha value is -2.81. The number of nitrogens with one attached hydrogen (secondary N) is 2. The lowest BCUT2D eigenvalue weighted by molar-refractivity contribution is 0.0460. The normalized spacial score (nSPS) is 11.2. The van der Waals surface area contributed by atoms with E-state index in [-0.39, 0.29) is 12.1 Å². The van der Waals surface area contributed by atoms with Gasteiger partial charge >= 0.3 is 12.1 Å². The molecular weight excluding hydrogens is 392 g/mol. The van der Waals surface area contributed by atoms with Crippen molar-refractivity contribution >= 4 is 29.1 Å². The number of ether oxygens (including phenoxy) is 2. The van der Waals surface area contributed by atoms with E-state index in [1.165, 1.54) is 11.3 Å². The van der Waals surface area contributed by atoms with Gasteiger partial charge in [-0.2, -0.15) is 0 Å². The van der Waals surface area contributed by atoms with Crippen molar-refractivity contribution in [3.8, 4) is 10.8 Å².